The average molecular weight is 418 g/mol. The molecule has 0 atom stereocenters. The Morgan fingerprint density at radius 2 is 1.89 bits per heavy atom. The van der Waals surface area contributed by atoms with E-state index in [9.17, 15) is 8.42 Å². The van der Waals surface area contributed by atoms with E-state index in [4.69, 9.17) is 0 Å². The molecule has 0 bridgehead atoms. The molecule has 28 heavy (non-hydrogen) atoms. The fraction of sp³-hybridized carbons (Fsp3) is 0.381. The molecule has 7 heteroatoms. The van der Waals surface area contributed by atoms with Gasteiger partial charge in [0, 0.05) is 30.8 Å². The third-order valence-electron chi connectivity index (χ3n) is 4.74. The van der Waals surface area contributed by atoms with Gasteiger partial charge in [0.25, 0.3) is 0 Å². The topological polar surface area (TPSA) is 55.2 Å². The molecule has 1 aromatic carbocycles. The van der Waals surface area contributed by atoms with Crippen molar-refractivity contribution in [1.82, 2.24) is 14.5 Å². The minimum absolute atomic E-state index is 0.163. The summed E-state index contributed by atoms with van der Waals surface area (Å²) in [7, 11) is -1.31. The van der Waals surface area contributed by atoms with Gasteiger partial charge in [-0.15, -0.1) is 11.3 Å². The zero-order valence-electron chi connectivity index (χ0n) is 16.6. The summed E-state index contributed by atoms with van der Waals surface area (Å²) in [5.41, 5.74) is 3.49. The average Bonchev–Trinajstić information content (AvgIpc) is 3.22. The second-order valence-corrected chi connectivity index (χ2v) is 10.2. The summed E-state index contributed by atoms with van der Waals surface area (Å²) < 4.78 is 26.3. The van der Waals surface area contributed by atoms with Gasteiger partial charge >= 0.3 is 0 Å². The number of thiophene rings is 1. The number of nitrogens with zero attached hydrogens (tertiary/aromatic N) is 3. The van der Waals surface area contributed by atoms with Crippen molar-refractivity contribution in [2.45, 2.75) is 44.6 Å². The lowest BCUT2D eigenvalue weighted by molar-refractivity contribution is 0.309. The first kappa shape index (κ1) is 20.8. The van der Waals surface area contributed by atoms with Crippen LogP contribution < -0.4 is 0 Å². The van der Waals surface area contributed by atoms with Crippen molar-refractivity contribution in [3.8, 4) is 0 Å². The van der Waals surface area contributed by atoms with E-state index >= 15 is 0 Å². The summed E-state index contributed by atoms with van der Waals surface area (Å²) in [5.74, 6) is 0. The quantitative estimate of drug-likeness (QED) is 0.529. The lowest BCUT2D eigenvalue weighted by atomic mass is 10.1. The van der Waals surface area contributed by atoms with E-state index in [-0.39, 0.29) is 5.16 Å². The van der Waals surface area contributed by atoms with E-state index in [0.29, 0.717) is 13.1 Å². The molecule has 0 aliphatic heterocycles. The molecule has 2 heterocycles. The number of sulfone groups is 1. The first-order chi connectivity index (χ1) is 13.3. The number of hydrogen-bond donors (Lipinski definition) is 0. The Kier molecular flexibility index (Phi) is 6.69. The highest BCUT2D eigenvalue weighted by molar-refractivity contribution is 7.90. The highest BCUT2D eigenvalue weighted by Crippen LogP contribution is 2.20. The van der Waals surface area contributed by atoms with Gasteiger partial charge in [0.2, 0.25) is 15.0 Å². The molecule has 0 saturated carbocycles. The first-order valence-corrected chi connectivity index (χ1v) is 12.1. The zero-order valence-corrected chi connectivity index (χ0v) is 18.3. The molecule has 150 valence electrons. The van der Waals surface area contributed by atoms with Gasteiger partial charge in [-0.2, -0.15) is 0 Å². The number of aromatic nitrogens is 2. The maximum absolute atomic E-state index is 12.2. The van der Waals surface area contributed by atoms with E-state index in [0.717, 1.165) is 25.1 Å². The molecule has 0 aliphatic rings. The molecule has 0 unspecified atom stereocenters. The largest absolute Gasteiger partial charge is 0.318 e. The van der Waals surface area contributed by atoms with Crippen molar-refractivity contribution in [2.75, 3.05) is 13.3 Å². The Morgan fingerprint density at radius 3 is 2.54 bits per heavy atom. The third kappa shape index (κ3) is 5.31. The summed E-state index contributed by atoms with van der Waals surface area (Å²) in [6, 6.07) is 12.4. The van der Waals surface area contributed by atoms with Crippen LogP contribution in [0.4, 0.5) is 0 Å². The predicted octanol–water partition coefficient (Wildman–Crippen LogP) is 3.92. The van der Waals surface area contributed by atoms with Crippen molar-refractivity contribution in [3.63, 3.8) is 0 Å². The predicted molar refractivity (Wildman–Crippen MR) is 114 cm³/mol. The minimum Gasteiger partial charge on any atom is -0.318 e. The molecule has 0 saturated heterocycles. The monoisotopic (exact) mass is 417 g/mol. The summed E-state index contributed by atoms with van der Waals surface area (Å²) in [6.07, 6.45) is 4.71. The number of imidazole rings is 1. The second kappa shape index (κ2) is 9.03. The molecule has 0 amide bonds. The standard InChI is InChI=1S/C21H27N3O2S2/c1-17-11-13-27-20(17)16-23(2)15-19-14-22-21(28(3,25)26)24(19)12-7-10-18-8-5-4-6-9-18/h4-6,8-9,11,13-14H,7,10,12,15-16H2,1-3H3. The van der Waals surface area contributed by atoms with Crippen molar-refractivity contribution in [1.29, 1.82) is 0 Å². The summed E-state index contributed by atoms with van der Waals surface area (Å²) in [6.45, 7) is 4.26. The van der Waals surface area contributed by atoms with Gasteiger partial charge in [-0.1, -0.05) is 30.3 Å². The first-order valence-electron chi connectivity index (χ1n) is 9.34. The number of hydrogen-bond acceptors (Lipinski definition) is 5. The number of benzene rings is 1. The maximum atomic E-state index is 12.2. The Labute approximate surface area is 171 Å². The highest BCUT2D eigenvalue weighted by Gasteiger charge is 2.19. The molecular formula is C21H27N3O2S2. The van der Waals surface area contributed by atoms with Gasteiger partial charge < -0.3 is 4.57 Å². The molecule has 0 aliphatic carbocycles. The summed E-state index contributed by atoms with van der Waals surface area (Å²) in [4.78, 5) is 7.77. The Hall–Kier alpha value is -1.96. The van der Waals surface area contributed by atoms with Crippen LogP contribution in [0.15, 0.2) is 53.1 Å². The van der Waals surface area contributed by atoms with Gasteiger partial charge in [0.15, 0.2) is 0 Å². The van der Waals surface area contributed by atoms with Gasteiger partial charge in [-0.3, -0.25) is 4.90 Å². The van der Waals surface area contributed by atoms with Crippen LogP contribution in [0.2, 0.25) is 0 Å². The SMILES string of the molecule is Cc1ccsc1CN(C)Cc1cnc(S(C)(=O)=O)n1CCCc1ccccc1. The lowest BCUT2D eigenvalue weighted by Crippen LogP contribution is -2.21. The maximum Gasteiger partial charge on any atom is 0.227 e. The fourth-order valence-corrected chi connectivity index (χ4v) is 5.12. The molecule has 0 N–H and O–H groups in total. The van der Waals surface area contributed by atoms with E-state index in [1.807, 2.05) is 22.8 Å². The van der Waals surface area contributed by atoms with E-state index in [1.54, 1.807) is 17.5 Å². The normalized spacial score (nSPS) is 12.0. The molecule has 0 spiro atoms. The second-order valence-electron chi connectivity index (χ2n) is 7.24. The van der Waals surface area contributed by atoms with E-state index in [2.05, 4.69) is 47.4 Å². The van der Waals surface area contributed by atoms with Crippen molar-refractivity contribution >= 4 is 21.2 Å². The van der Waals surface area contributed by atoms with Gasteiger partial charge in [-0.05, 0) is 49.4 Å². The van der Waals surface area contributed by atoms with Crippen molar-refractivity contribution in [2.24, 2.45) is 0 Å². The Bertz CT molecular complexity index is 1010. The zero-order chi connectivity index (χ0) is 20.1. The molecule has 0 radical (unpaired) electrons. The van der Waals surface area contributed by atoms with E-state index < -0.39 is 9.84 Å². The van der Waals surface area contributed by atoms with Crippen molar-refractivity contribution in [3.05, 3.63) is 69.7 Å². The smallest absolute Gasteiger partial charge is 0.227 e. The Morgan fingerprint density at radius 1 is 1.14 bits per heavy atom. The van der Waals surface area contributed by atoms with Crippen LogP contribution in [-0.4, -0.2) is 36.2 Å². The van der Waals surface area contributed by atoms with Gasteiger partial charge in [0.05, 0.1) is 11.9 Å². The van der Waals surface area contributed by atoms with Crippen LogP contribution in [0.5, 0.6) is 0 Å². The van der Waals surface area contributed by atoms with Crippen LogP contribution in [0.3, 0.4) is 0 Å². The lowest BCUT2D eigenvalue weighted by Gasteiger charge is -2.18. The van der Waals surface area contributed by atoms with Crippen LogP contribution in [0.25, 0.3) is 0 Å². The molecule has 0 fully saturated rings. The van der Waals surface area contributed by atoms with Gasteiger partial charge in [0.1, 0.15) is 0 Å². The fourth-order valence-electron chi connectivity index (χ4n) is 3.28. The number of rotatable bonds is 9. The molecule has 5 nitrogen and oxygen atoms in total. The molecule has 3 aromatic rings. The summed E-state index contributed by atoms with van der Waals surface area (Å²) in [5, 5.41) is 2.27. The van der Waals surface area contributed by atoms with Crippen LogP contribution >= 0.6 is 11.3 Å². The molecule has 3 rings (SSSR count). The van der Waals surface area contributed by atoms with Gasteiger partial charge in [-0.25, -0.2) is 13.4 Å². The van der Waals surface area contributed by atoms with Crippen LogP contribution in [0.1, 0.15) is 28.1 Å². The number of aryl methyl sites for hydroxylation is 2. The molecule has 2 aromatic heterocycles. The van der Waals surface area contributed by atoms with Crippen LogP contribution in [0, 0.1) is 6.92 Å². The molecular weight excluding hydrogens is 390 g/mol. The minimum atomic E-state index is -3.36. The highest BCUT2D eigenvalue weighted by atomic mass is 32.2. The Balaban J connectivity index is 1.73. The third-order valence-corrected chi connectivity index (χ3v) is 6.73. The van der Waals surface area contributed by atoms with Crippen molar-refractivity contribution < 1.29 is 8.42 Å². The van der Waals surface area contributed by atoms with Crippen LogP contribution in [-0.2, 0) is 35.9 Å². The summed E-state index contributed by atoms with van der Waals surface area (Å²) >= 11 is 1.75. The van der Waals surface area contributed by atoms with E-state index in [1.165, 1.54) is 22.3 Å².